The van der Waals surface area contributed by atoms with Crippen LogP contribution in [0.25, 0.3) is 0 Å². The van der Waals surface area contributed by atoms with Crippen LogP contribution in [0, 0.1) is 17.8 Å². The molecule has 1 saturated carbocycles. The van der Waals surface area contributed by atoms with Crippen LogP contribution in [0.4, 0.5) is 8.78 Å². The van der Waals surface area contributed by atoms with Crippen LogP contribution in [0.2, 0.25) is 0 Å². The molecular formula is C9H16F2O. The molecular weight excluding hydrogens is 162 g/mol. The Morgan fingerprint density at radius 1 is 1.33 bits per heavy atom. The van der Waals surface area contributed by atoms with Gasteiger partial charge >= 0.3 is 0 Å². The number of hydrogen-bond acceptors (Lipinski definition) is 1. The second kappa shape index (κ2) is 2.41. The average Bonchev–Trinajstić information content (AvgIpc) is 2.31. The lowest BCUT2D eigenvalue weighted by atomic mass is 9.97. The van der Waals surface area contributed by atoms with Crippen molar-refractivity contribution in [3.8, 4) is 0 Å². The van der Waals surface area contributed by atoms with Crippen molar-refractivity contribution in [3.63, 3.8) is 0 Å². The van der Waals surface area contributed by atoms with Gasteiger partial charge in [-0.2, -0.15) is 0 Å². The molecule has 0 amide bonds. The fraction of sp³-hybridized carbons (Fsp3) is 1.00. The molecule has 0 unspecified atom stereocenters. The van der Waals surface area contributed by atoms with Gasteiger partial charge in [-0.3, -0.25) is 0 Å². The molecule has 0 saturated heterocycles. The standard InChI is InChI=1S/C9H16F2O/c1-5(2)6-7(8(3,4)12)9(6,10)11/h5-7,12H,1-4H3/t6-,7+/m0/s1. The summed E-state index contributed by atoms with van der Waals surface area (Å²) >= 11 is 0. The van der Waals surface area contributed by atoms with Crippen LogP contribution in [0.15, 0.2) is 0 Å². The van der Waals surface area contributed by atoms with E-state index in [2.05, 4.69) is 0 Å². The highest BCUT2D eigenvalue weighted by Gasteiger charge is 2.73. The maximum absolute atomic E-state index is 13.0. The summed E-state index contributed by atoms with van der Waals surface area (Å²) in [6.07, 6.45) is 0. The normalized spacial score (nSPS) is 34.0. The summed E-state index contributed by atoms with van der Waals surface area (Å²) in [5.41, 5.74) is -1.25. The van der Waals surface area contributed by atoms with Crippen molar-refractivity contribution in [1.29, 1.82) is 0 Å². The van der Waals surface area contributed by atoms with Crippen LogP contribution in [-0.2, 0) is 0 Å². The van der Waals surface area contributed by atoms with Gasteiger partial charge in [0, 0.05) is 5.92 Å². The number of halogens is 2. The van der Waals surface area contributed by atoms with Crippen LogP contribution < -0.4 is 0 Å². The van der Waals surface area contributed by atoms with Gasteiger partial charge in [-0.1, -0.05) is 13.8 Å². The molecule has 0 radical (unpaired) electrons. The summed E-state index contributed by atoms with van der Waals surface area (Å²) in [5.74, 6) is -4.22. The Kier molecular flexibility index (Phi) is 1.99. The van der Waals surface area contributed by atoms with E-state index in [0.717, 1.165) is 0 Å². The van der Waals surface area contributed by atoms with E-state index in [-0.39, 0.29) is 5.92 Å². The van der Waals surface area contributed by atoms with E-state index < -0.39 is 23.4 Å². The molecule has 0 bridgehead atoms. The molecule has 1 rings (SSSR count). The highest BCUT2D eigenvalue weighted by Crippen LogP contribution is 2.62. The highest BCUT2D eigenvalue weighted by molar-refractivity contribution is 5.12. The minimum atomic E-state index is -2.66. The maximum atomic E-state index is 13.0. The van der Waals surface area contributed by atoms with Crippen molar-refractivity contribution in [3.05, 3.63) is 0 Å². The fourth-order valence-electron chi connectivity index (χ4n) is 2.09. The first-order valence-corrected chi connectivity index (χ1v) is 4.29. The monoisotopic (exact) mass is 178 g/mol. The third-order valence-corrected chi connectivity index (χ3v) is 2.59. The second-order valence-corrected chi connectivity index (χ2v) is 4.58. The molecule has 1 aliphatic carbocycles. The molecule has 2 atom stereocenters. The van der Waals surface area contributed by atoms with E-state index in [1.165, 1.54) is 13.8 Å². The van der Waals surface area contributed by atoms with E-state index in [0.29, 0.717) is 0 Å². The Morgan fingerprint density at radius 3 is 1.83 bits per heavy atom. The van der Waals surface area contributed by atoms with E-state index in [9.17, 15) is 13.9 Å². The number of rotatable bonds is 2. The van der Waals surface area contributed by atoms with Crippen molar-refractivity contribution >= 4 is 0 Å². The number of aliphatic hydroxyl groups is 1. The van der Waals surface area contributed by atoms with Crippen LogP contribution in [0.3, 0.4) is 0 Å². The molecule has 0 spiro atoms. The Bertz CT molecular complexity index is 181. The van der Waals surface area contributed by atoms with Crippen molar-refractivity contribution in [1.82, 2.24) is 0 Å². The maximum Gasteiger partial charge on any atom is 0.257 e. The van der Waals surface area contributed by atoms with Crippen molar-refractivity contribution in [2.75, 3.05) is 0 Å². The third kappa shape index (κ3) is 1.35. The molecule has 0 aromatic rings. The van der Waals surface area contributed by atoms with Gasteiger partial charge in [0.15, 0.2) is 0 Å². The van der Waals surface area contributed by atoms with E-state index in [1.54, 1.807) is 13.8 Å². The van der Waals surface area contributed by atoms with Crippen LogP contribution in [0.1, 0.15) is 27.7 Å². The summed E-state index contributed by atoms with van der Waals surface area (Å²) in [7, 11) is 0. The van der Waals surface area contributed by atoms with Crippen LogP contribution >= 0.6 is 0 Å². The molecule has 1 N–H and O–H groups in total. The summed E-state index contributed by atoms with van der Waals surface area (Å²) in [5, 5.41) is 9.43. The Morgan fingerprint density at radius 2 is 1.75 bits per heavy atom. The zero-order valence-electron chi connectivity index (χ0n) is 7.94. The third-order valence-electron chi connectivity index (χ3n) is 2.59. The lowest BCUT2D eigenvalue weighted by Crippen LogP contribution is -2.25. The quantitative estimate of drug-likeness (QED) is 0.687. The summed E-state index contributed by atoms with van der Waals surface area (Å²) in [6, 6.07) is 0. The molecule has 1 nitrogen and oxygen atoms in total. The summed E-state index contributed by atoms with van der Waals surface area (Å²) in [6.45, 7) is 6.44. The van der Waals surface area contributed by atoms with Gasteiger partial charge in [0.1, 0.15) is 0 Å². The van der Waals surface area contributed by atoms with E-state index in [4.69, 9.17) is 0 Å². The first kappa shape index (κ1) is 9.90. The minimum absolute atomic E-state index is 0.0589. The van der Waals surface area contributed by atoms with Gasteiger partial charge in [0.05, 0.1) is 11.5 Å². The Hall–Kier alpha value is -0.180. The average molecular weight is 178 g/mol. The fourth-order valence-corrected chi connectivity index (χ4v) is 2.09. The second-order valence-electron chi connectivity index (χ2n) is 4.58. The lowest BCUT2D eigenvalue weighted by molar-refractivity contribution is -0.00289. The van der Waals surface area contributed by atoms with E-state index in [1.807, 2.05) is 0 Å². The van der Waals surface area contributed by atoms with Crippen molar-refractivity contribution in [2.24, 2.45) is 17.8 Å². The predicted molar refractivity (Wildman–Crippen MR) is 43.1 cm³/mol. The molecule has 0 aromatic carbocycles. The smallest absolute Gasteiger partial charge is 0.257 e. The van der Waals surface area contributed by atoms with Crippen LogP contribution in [0.5, 0.6) is 0 Å². The van der Waals surface area contributed by atoms with Crippen molar-refractivity contribution < 1.29 is 13.9 Å². The van der Waals surface area contributed by atoms with Gasteiger partial charge in [0.25, 0.3) is 5.92 Å². The van der Waals surface area contributed by atoms with Gasteiger partial charge in [-0.15, -0.1) is 0 Å². The van der Waals surface area contributed by atoms with Crippen molar-refractivity contribution in [2.45, 2.75) is 39.2 Å². The molecule has 0 heterocycles. The molecule has 0 aliphatic heterocycles. The van der Waals surface area contributed by atoms with Gasteiger partial charge in [0.2, 0.25) is 0 Å². The zero-order chi connectivity index (χ0) is 9.73. The zero-order valence-corrected chi connectivity index (χ0v) is 7.94. The van der Waals surface area contributed by atoms with Gasteiger partial charge < -0.3 is 5.11 Å². The number of alkyl halides is 2. The lowest BCUT2D eigenvalue weighted by Gasteiger charge is -2.16. The Labute approximate surface area is 71.8 Å². The first-order chi connectivity index (χ1) is 5.19. The molecule has 1 aliphatic rings. The first-order valence-electron chi connectivity index (χ1n) is 4.29. The SMILES string of the molecule is CC(C)[C@H]1[C@H](C(C)(C)O)C1(F)F. The molecule has 12 heavy (non-hydrogen) atoms. The van der Waals surface area contributed by atoms with E-state index >= 15 is 0 Å². The molecule has 1 fully saturated rings. The largest absolute Gasteiger partial charge is 0.390 e. The number of hydrogen-bond donors (Lipinski definition) is 1. The predicted octanol–water partition coefficient (Wildman–Crippen LogP) is 2.29. The Balaban J connectivity index is 2.73. The topological polar surface area (TPSA) is 20.2 Å². The molecule has 0 aromatic heterocycles. The summed E-state index contributed by atoms with van der Waals surface area (Å²) < 4.78 is 26.1. The minimum Gasteiger partial charge on any atom is -0.390 e. The summed E-state index contributed by atoms with van der Waals surface area (Å²) in [4.78, 5) is 0. The van der Waals surface area contributed by atoms with Gasteiger partial charge in [-0.25, -0.2) is 8.78 Å². The molecule has 3 heteroatoms. The van der Waals surface area contributed by atoms with Gasteiger partial charge in [-0.05, 0) is 19.8 Å². The van der Waals surface area contributed by atoms with Crippen LogP contribution in [-0.4, -0.2) is 16.6 Å². The molecule has 72 valence electrons. The highest BCUT2D eigenvalue weighted by atomic mass is 19.3.